The molecule has 5 heteroatoms. The van der Waals surface area contributed by atoms with E-state index in [-0.39, 0.29) is 22.0 Å². The first-order valence-electron chi connectivity index (χ1n) is 4.93. The normalized spacial score (nSPS) is 14.6. The maximum absolute atomic E-state index is 10.7. The molecule has 88 valence electrons. The maximum atomic E-state index is 10.7. The molecule has 0 aliphatic carbocycles. The third-order valence-corrected chi connectivity index (χ3v) is 3.39. The van der Waals surface area contributed by atoms with Crippen molar-refractivity contribution < 1.29 is 4.92 Å². The molecule has 0 N–H and O–H groups in total. The Morgan fingerprint density at radius 3 is 2.38 bits per heavy atom. The van der Waals surface area contributed by atoms with Crippen LogP contribution in [0.25, 0.3) is 0 Å². The van der Waals surface area contributed by atoms with Gasteiger partial charge in [0.25, 0.3) is 5.69 Å². The van der Waals surface area contributed by atoms with Gasteiger partial charge in [0.05, 0.1) is 4.92 Å². The minimum atomic E-state index is -0.478. The number of hydrogen-bond donors (Lipinski definition) is 0. The van der Waals surface area contributed by atoms with Crippen molar-refractivity contribution in [1.29, 1.82) is 0 Å². The van der Waals surface area contributed by atoms with Crippen LogP contribution in [0, 0.1) is 17.0 Å². The third kappa shape index (κ3) is 2.66. The molecule has 0 radical (unpaired) electrons. The van der Waals surface area contributed by atoms with Crippen molar-refractivity contribution in [1.82, 2.24) is 0 Å². The Kier molecular flexibility index (Phi) is 4.16. The number of nitro benzene ring substituents is 1. The Balaban J connectivity index is 3.25. The van der Waals surface area contributed by atoms with Crippen LogP contribution in [-0.4, -0.2) is 10.3 Å². The highest BCUT2D eigenvalue weighted by Gasteiger charge is 2.20. The molecule has 0 aliphatic heterocycles. The molecular weight excluding hydrogens is 249 g/mol. The van der Waals surface area contributed by atoms with Gasteiger partial charge in [0, 0.05) is 11.4 Å². The van der Waals surface area contributed by atoms with E-state index in [0.717, 1.165) is 11.1 Å². The van der Waals surface area contributed by atoms with E-state index < -0.39 is 4.92 Å². The van der Waals surface area contributed by atoms with Gasteiger partial charge in [-0.1, -0.05) is 18.5 Å². The highest BCUT2D eigenvalue weighted by atomic mass is 35.5. The lowest BCUT2D eigenvalue weighted by atomic mass is 9.93. The summed E-state index contributed by atoms with van der Waals surface area (Å²) in [6.07, 6.45) is 0. The van der Waals surface area contributed by atoms with Crippen LogP contribution in [0.3, 0.4) is 0 Å². The molecule has 0 saturated carbocycles. The summed E-state index contributed by atoms with van der Waals surface area (Å²) >= 11 is 11.9. The summed E-state index contributed by atoms with van der Waals surface area (Å²) in [5.74, 6) is 0.111. The zero-order chi connectivity index (χ0) is 12.5. The second-order valence-electron chi connectivity index (χ2n) is 3.88. The molecule has 0 amide bonds. The van der Waals surface area contributed by atoms with Crippen molar-refractivity contribution in [3.05, 3.63) is 38.4 Å². The lowest BCUT2D eigenvalue weighted by Gasteiger charge is -2.17. The number of benzene rings is 1. The van der Waals surface area contributed by atoms with Crippen molar-refractivity contribution >= 4 is 28.9 Å². The number of hydrogen-bond acceptors (Lipinski definition) is 2. The number of nitrogens with zero attached hydrogens (tertiary/aromatic N) is 1. The van der Waals surface area contributed by atoms with E-state index in [4.69, 9.17) is 23.2 Å². The predicted molar refractivity (Wildman–Crippen MR) is 66.6 cm³/mol. The highest BCUT2D eigenvalue weighted by Crippen LogP contribution is 2.33. The first-order valence-corrected chi connectivity index (χ1v) is 5.74. The van der Waals surface area contributed by atoms with Gasteiger partial charge in [-0.3, -0.25) is 10.1 Å². The van der Waals surface area contributed by atoms with Crippen LogP contribution in [0.1, 0.15) is 30.9 Å². The zero-order valence-corrected chi connectivity index (χ0v) is 10.8. The molecule has 2 unspecified atom stereocenters. The predicted octanol–water partition coefficient (Wildman–Crippen LogP) is 4.29. The fourth-order valence-electron chi connectivity index (χ4n) is 1.56. The lowest BCUT2D eigenvalue weighted by Crippen LogP contribution is -2.07. The standard InChI is InChI=1S/C11H13Cl2NO2/c1-6-4-11(14(15)16)10(13)5-9(6)7(2)8(3)12/h4-5,7-8H,1-3H3. The minimum absolute atomic E-state index is 0.0452. The summed E-state index contributed by atoms with van der Waals surface area (Å²) in [6.45, 7) is 5.69. The average Bonchev–Trinajstić information content (AvgIpc) is 2.19. The second-order valence-corrected chi connectivity index (χ2v) is 4.98. The molecule has 1 rings (SSSR count). The molecule has 0 heterocycles. The van der Waals surface area contributed by atoms with Crippen LogP contribution in [-0.2, 0) is 0 Å². The fraction of sp³-hybridized carbons (Fsp3) is 0.455. The van der Waals surface area contributed by atoms with Crippen LogP contribution < -0.4 is 0 Å². The van der Waals surface area contributed by atoms with Crippen LogP contribution in [0.4, 0.5) is 5.69 Å². The van der Waals surface area contributed by atoms with E-state index in [1.54, 1.807) is 6.07 Å². The first-order chi connectivity index (χ1) is 7.34. The largest absolute Gasteiger partial charge is 0.288 e. The second kappa shape index (κ2) is 5.02. The smallest absolute Gasteiger partial charge is 0.258 e. The highest BCUT2D eigenvalue weighted by molar-refractivity contribution is 6.32. The summed E-state index contributed by atoms with van der Waals surface area (Å²) in [6, 6.07) is 3.13. The SMILES string of the molecule is Cc1cc([N+](=O)[O-])c(Cl)cc1C(C)C(C)Cl. The molecule has 0 saturated heterocycles. The van der Waals surface area contributed by atoms with E-state index in [1.165, 1.54) is 6.07 Å². The monoisotopic (exact) mass is 261 g/mol. The number of halogens is 2. The van der Waals surface area contributed by atoms with Gasteiger partial charge in [-0.2, -0.15) is 0 Å². The van der Waals surface area contributed by atoms with Gasteiger partial charge in [0.15, 0.2) is 0 Å². The van der Waals surface area contributed by atoms with Crippen molar-refractivity contribution in [2.75, 3.05) is 0 Å². The van der Waals surface area contributed by atoms with E-state index >= 15 is 0 Å². The van der Waals surface area contributed by atoms with E-state index in [1.807, 2.05) is 20.8 Å². The number of nitro groups is 1. The van der Waals surface area contributed by atoms with Crippen LogP contribution >= 0.6 is 23.2 Å². The molecular formula is C11H13Cl2NO2. The van der Waals surface area contributed by atoms with Crippen LogP contribution in [0.5, 0.6) is 0 Å². The molecule has 3 nitrogen and oxygen atoms in total. The summed E-state index contributed by atoms with van der Waals surface area (Å²) in [5, 5.41) is 10.8. The molecule has 0 bridgehead atoms. The average molecular weight is 262 g/mol. The molecule has 0 spiro atoms. The molecule has 0 fully saturated rings. The molecule has 16 heavy (non-hydrogen) atoms. The van der Waals surface area contributed by atoms with Crippen LogP contribution in [0.15, 0.2) is 12.1 Å². The van der Waals surface area contributed by atoms with Crippen molar-refractivity contribution in [2.24, 2.45) is 0 Å². The quantitative estimate of drug-likeness (QED) is 0.463. The van der Waals surface area contributed by atoms with Crippen molar-refractivity contribution in [2.45, 2.75) is 32.1 Å². The third-order valence-electron chi connectivity index (χ3n) is 2.71. The molecule has 0 aromatic heterocycles. The van der Waals surface area contributed by atoms with Gasteiger partial charge in [-0.05, 0) is 37.0 Å². The molecule has 0 aliphatic rings. The Hall–Kier alpha value is -0.800. The zero-order valence-electron chi connectivity index (χ0n) is 9.33. The van der Waals surface area contributed by atoms with Gasteiger partial charge in [-0.15, -0.1) is 11.6 Å². The Morgan fingerprint density at radius 2 is 1.94 bits per heavy atom. The topological polar surface area (TPSA) is 43.1 Å². The van der Waals surface area contributed by atoms with Crippen molar-refractivity contribution in [3.63, 3.8) is 0 Å². The molecule has 1 aromatic carbocycles. The van der Waals surface area contributed by atoms with Gasteiger partial charge < -0.3 is 0 Å². The summed E-state index contributed by atoms with van der Waals surface area (Å²) in [7, 11) is 0. The first kappa shape index (κ1) is 13.3. The number of rotatable bonds is 3. The van der Waals surface area contributed by atoms with E-state index in [0.29, 0.717) is 0 Å². The summed E-state index contributed by atoms with van der Waals surface area (Å²) < 4.78 is 0. The molecule has 2 atom stereocenters. The fourth-order valence-corrected chi connectivity index (χ4v) is 1.94. The minimum Gasteiger partial charge on any atom is -0.258 e. The maximum Gasteiger partial charge on any atom is 0.288 e. The summed E-state index contributed by atoms with van der Waals surface area (Å²) in [4.78, 5) is 10.2. The van der Waals surface area contributed by atoms with Crippen molar-refractivity contribution in [3.8, 4) is 0 Å². The van der Waals surface area contributed by atoms with Gasteiger partial charge in [0.2, 0.25) is 0 Å². The molecule has 1 aromatic rings. The number of alkyl halides is 1. The van der Waals surface area contributed by atoms with Gasteiger partial charge >= 0.3 is 0 Å². The Morgan fingerprint density at radius 1 is 1.38 bits per heavy atom. The van der Waals surface area contributed by atoms with Gasteiger partial charge in [-0.25, -0.2) is 0 Å². The Bertz CT molecular complexity index is 419. The lowest BCUT2D eigenvalue weighted by molar-refractivity contribution is -0.384. The van der Waals surface area contributed by atoms with E-state index in [2.05, 4.69) is 0 Å². The Labute approximate surface area is 105 Å². The van der Waals surface area contributed by atoms with Gasteiger partial charge in [0.1, 0.15) is 5.02 Å². The number of aryl methyl sites for hydroxylation is 1. The summed E-state index contributed by atoms with van der Waals surface area (Å²) in [5.41, 5.74) is 1.74. The van der Waals surface area contributed by atoms with E-state index in [9.17, 15) is 10.1 Å². The van der Waals surface area contributed by atoms with Crippen LogP contribution in [0.2, 0.25) is 5.02 Å².